The summed E-state index contributed by atoms with van der Waals surface area (Å²) in [5, 5.41) is 22.9. The molecule has 0 radical (unpaired) electrons. The van der Waals surface area contributed by atoms with E-state index in [1.54, 1.807) is 12.1 Å². The van der Waals surface area contributed by atoms with Crippen molar-refractivity contribution < 1.29 is 9.90 Å². The fourth-order valence-corrected chi connectivity index (χ4v) is 3.85. The molecule has 4 rings (SSSR count). The molecule has 5 heteroatoms. The molecule has 0 aromatic heterocycles. The Kier molecular flexibility index (Phi) is 3.90. The first-order chi connectivity index (χ1) is 12.2. The highest BCUT2D eigenvalue weighted by atomic mass is 16.3. The van der Waals surface area contributed by atoms with E-state index in [9.17, 15) is 9.90 Å². The van der Waals surface area contributed by atoms with Crippen LogP contribution in [0.25, 0.3) is 0 Å². The summed E-state index contributed by atoms with van der Waals surface area (Å²) >= 11 is 0. The first-order valence-electron chi connectivity index (χ1n) is 8.52. The summed E-state index contributed by atoms with van der Waals surface area (Å²) in [7, 11) is 0. The van der Waals surface area contributed by atoms with Gasteiger partial charge in [0.25, 0.3) is 5.91 Å². The van der Waals surface area contributed by atoms with Gasteiger partial charge >= 0.3 is 0 Å². The summed E-state index contributed by atoms with van der Waals surface area (Å²) in [6.07, 6.45) is 0.651. The van der Waals surface area contributed by atoms with Gasteiger partial charge in [0.1, 0.15) is 0 Å². The quantitative estimate of drug-likeness (QED) is 0.886. The lowest BCUT2D eigenvalue weighted by Crippen LogP contribution is -2.33. The second-order valence-electron chi connectivity index (χ2n) is 6.63. The van der Waals surface area contributed by atoms with Crippen LogP contribution < -0.4 is 5.32 Å². The summed E-state index contributed by atoms with van der Waals surface area (Å²) in [4.78, 5) is 14.5. The molecule has 0 aliphatic carbocycles. The van der Waals surface area contributed by atoms with E-state index in [1.807, 2.05) is 41.3 Å². The molecular weight excluding hydrogens is 314 g/mol. The number of carbonyl (C=O) groups excluding carboxylic acids is 1. The van der Waals surface area contributed by atoms with Crippen molar-refractivity contribution in [3.8, 4) is 6.07 Å². The predicted molar refractivity (Wildman–Crippen MR) is 94.0 cm³/mol. The molecule has 5 nitrogen and oxygen atoms in total. The predicted octanol–water partition coefficient (Wildman–Crippen LogP) is 2.69. The highest BCUT2D eigenvalue weighted by Gasteiger charge is 2.41. The van der Waals surface area contributed by atoms with Gasteiger partial charge < -0.3 is 15.3 Å². The van der Waals surface area contributed by atoms with Gasteiger partial charge in [-0.3, -0.25) is 4.79 Å². The van der Waals surface area contributed by atoms with Gasteiger partial charge in [-0.05, 0) is 48.7 Å². The summed E-state index contributed by atoms with van der Waals surface area (Å²) in [6, 6.07) is 16.8. The summed E-state index contributed by atoms with van der Waals surface area (Å²) in [5.74, 6) is 0.0619. The maximum Gasteiger partial charge on any atom is 0.254 e. The molecule has 0 unspecified atom stereocenters. The van der Waals surface area contributed by atoms with Crippen molar-refractivity contribution in [3.63, 3.8) is 0 Å². The fraction of sp³-hybridized carbons (Fsp3) is 0.300. The maximum atomic E-state index is 12.6. The van der Waals surface area contributed by atoms with Gasteiger partial charge in [0.2, 0.25) is 0 Å². The molecule has 1 amide bonds. The van der Waals surface area contributed by atoms with E-state index in [1.165, 1.54) is 0 Å². The molecular formula is C20H19N3O2. The zero-order chi connectivity index (χ0) is 17.4. The van der Waals surface area contributed by atoms with Crippen molar-refractivity contribution in [1.29, 1.82) is 5.26 Å². The van der Waals surface area contributed by atoms with Crippen LogP contribution in [0.1, 0.15) is 40.4 Å². The zero-order valence-corrected chi connectivity index (χ0v) is 13.7. The van der Waals surface area contributed by atoms with Crippen LogP contribution in [0.4, 0.5) is 5.69 Å². The normalized spacial score (nSPS) is 24.9. The Morgan fingerprint density at radius 3 is 2.68 bits per heavy atom. The topological polar surface area (TPSA) is 76.4 Å². The number of anilines is 1. The van der Waals surface area contributed by atoms with Crippen molar-refractivity contribution in [2.24, 2.45) is 0 Å². The molecule has 2 heterocycles. The maximum absolute atomic E-state index is 12.6. The summed E-state index contributed by atoms with van der Waals surface area (Å²) in [6.45, 7) is 0.614. The van der Waals surface area contributed by atoms with Crippen molar-refractivity contribution in [1.82, 2.24) is 4.90 Å². The van der Waals surface area contributed by atoms with Gasteiger partial charge in [0, 0.05) is 17.8 Å². The fourth-order valence-electron chi connectivity index (χ4n) is 3.85. The van der Waals surface area contributed by atoms with E-state index >= 15 is 0 Å². The molecule has 126 valence electrons. The lowest BCUT2D eigenvalue weighted by atomic mass is 9.97. The molecule has 1 fully saturated rings. The number of hydrogen-bond acceptors (Lipinski definition) is 4. The number of carbonyl (C=O) groups is 1. The number of nitrogens with one attached hydrogen (secondary N) is 1. The SMILES string of the molecule is N#Cc1ccc(N[C@@H]2CCN3C(=O)c4ccccc4[C@@H]3C[C@H]2O)cc1. The third kappa shape index (κ3) is 2.75. The van der Waals surface area contributed by atoms with E-state index in [4.69, 9.17) is 5.26 Å². The van der Waals surface area contributed by atoms with Gasteiger partial charge in [0.15, 0.2) is 0 Å². The number of fused-ring (bicyclic) bond motifs is 3. The highest BCUT2D eigenvalue weighted by Crippen LogP contribution is 2.39. The van der Waals surface area contributed by atoms with Crippen LogP contribution >= 0.6 is 0 Å². The molecule has 2 aromatic carbocycles. The number of nitriles is 1. The van der Waals surface area contributed by atoms with Crippen molar-refractivity contribution >= 4 is 11.6 Å². The van der Waals surface area contributed by atoms with E-state index in [0.29, 0.717) is 24.9 Å². The molecule has 25 heavy (non-hydrogen) atoms. The van der Waals surface area contributed by atoms with Crippen LogP contribution in [-0.2, 0) is 0 Å². The number of benzene rings is 2. The first-order valence-corrected chi connectivity index (χ1v) is 8.52. The Hall–Kier alpha value is -2.84. The van der Waals surface area contributed by atoms with Gasteiger partial charge in [0.05, 0.1) is 29.8 Å². The Labute approximate surface area is 146 Å². The minimum absolute atomic E-state index is 0.0496. The second-order valence-corrected chi connectivity index (χ2v) is 6.63. The third-order valence-corrected chi connectivity index (χ3v) is 5.16. The van der Waals surface area contributed by atoms with Crippen LogP contribution in [-0.4, -0.2) is 34.6 Å². The lowest BCUT2D eigenvalue weighted by molar-refractivity contribution is 0.0705. The van der Waals surface area contributed by atoms with Crippen molar-refractivity contribution in [2.75, 3.05) is 11.9 Å². The lowest BCUT2D eigenvalue weighted by Gasteiger charge is -2.24. The Morgan fingerprint density at radius 1 is 1.16 bits per heavy atom. The first kappa shape index (κ1) is 15.7. The Balaban J connectivity index is 1.53. The van der Waals surface area contributed by atoms with E-state index in [0.717, 1.165) is 16.8 Å². The summed E-state index contributed by atoms with van der Waals surface area (Å²) < 4.78 is 0. The summed E-state index contributed by atoms with van der Waals surface area (Å²) in [5.41, 5.74) is 3.26. The molecule has 0 bridgehead atoms. The number of rotatable bonds is 2. The van der Waals surface area contributed by atoms with Crippen LogP contribution in [0.3, 0.4) is 0 Å². The standard InChI is InChI=1S/C20H19N3O2/c21-12-13-5-7-14(8-6-13)22-17-9-10-23-18(11-19(17)24)15-3-1-2-4-16(15)20(23)25/h1-8,17-19,22,24H,9-11H2/t17-,18+,19-/m1/s1. The number of hydrogen-bond donors (Lipinski definition) is 2. The monoisotopic (exact) mass is 333 g/mol. The average Bonchev–Trinajstić information content (AvgIpc) is 2.80. The number of nitrogens with zero attached hydrogens (tertiary/aromatic N) is 2. The Morgan fingerprint density at radius 2 is 1.92 bits per heavy atom. The average molecular weight is 333 g/mol. The van der Waals surface area contributed by atoms with Crippen molar-refractivity contribution in [3.05, 3.63) is 65.2 Å². The molecule has 2 aliphatic heterocycles. The molecule has 0 spiro atoms. The number of aliphatic hydroxyl groups excluding tert-OH is 1. The van der Waals surface area contributed by atoms with Crippen molar-refractivity contribution in [2.45, 2.75) is 31.0 Å². The molecule has 2 N–H and O–H groups in total. The minimum atomic E-state index is -0.551. The number of amides is 1. The molecule has 2 aliphatic rings. The smallest absolute Gasteiger partial charge is 0.254 e. The van der Waals surface area contributed by atoms with E-state index in [-0.39, 0.29) is 18.0 Å². The number of aliphatic hydroxyl groups is 1. The van der Waals surface area contributed by atoms with Crippen LogP contribution in [0, 0.1) is 11.3 Å². The van der Waals surface area contributed by atoms with Gasteiger partial charge in [-0.1, -0.05) is 18.2 Å². The largest absolute Gasteiger partial charge is 0.391 e. The molecule has 2 aromatic rings. The Bertz CT molecular complexity index is 841. The van der Waals surface area contributed by atoms with Crippen LogP contribution in [0.2, 0.25) is 0 Å². The van der Waals surface area contributed by atoms with Crippen LogP contribution in [0.5, 0.6) is 0 Å². The minimum Gasteiger partial charge on any atom is -0.391 e. The van der Waals surface area contributed by atoms with Gasteiger partial charge in [-0.25, -0.2) is 0 Å². The van der Waals surface area contributed by atoms with Gasteiger partial charge in [-0.2, -0.15) is 5.26 Å². The molecule has 0 saturated carbocycles. The molecule has 3 atom stereocenters. The highest BCUT2D eigenvalue weighted by molar-refractivity contribution is 5.99. The van der Waals surface area contributed by atoms with E-state index in [2.05, 4.69) is 11.4 Å². The second kappa shape index (κ2) is 6.23. The van der Waals surface area contributed by atoms with Crippen LogP contribution in [0.15, 0.2) is 48.5 Å². The van der Waals surface area contributed by atoms with E-state index < -0.39 is 6.10 Å². The molecule has 1 saturated heterocycles. The zero-order valence-electron chi connectivity index (χ0n) is 13.7. The van der Waals surface area contributed by atoms with Gasteiger partial charge in [-0.15, -0.1) is 0 Å². The third-order valence-electron chi connectivity index (χ3n) is 5.16.